The molecule has 1 saturated heterocycles. The number of rotatable bonds is 11. The molecule has 1 aliphatic rings. The molecular weight excluding hydrogens is 601 g/mol. The van der Waals surface area contributed by atoms with E-state index in [0.29, 0.717) is 31.0 Å². The minimum absolute atomic E-state index is 0.0232. The van der Waals surface area contributed by atoms with E-state index in [-0.39, 0.29) is 17.8 Å². The van der Waals surface area contributed by atoms with Crippen molar-refractivity contribution in [3.05, 3.63) is 76.9 Å². The van der Waals surface area contributed by atoms with Crippen LogP contribution < -0.4 is 14.9 Å². The lowest BCUT2D eigenvalue weighted by molar-refractivity contribution is -0.145. The van der Waals surface area contributed by atoms with Crippen molar-refractivity contribution in [1.82, 2.24) is 4.90 Å². The van der Waals surface area contributed by atoms with Crippen LogP contribution in [0, 0.1) is 20.8 Å². The molecule has 0 spiro atoms. The van der Waals surface area contributed by atoms with Gasteiger partial charge in [-0.25, -0.2) is 0 Å². The van der Waals surface area contributed by atoms with Crippen LogP contribution >= 0.6 is 10.3 Å². The summed E-state index contributed by atoms with van der Waals surface area (Å²) < 4.78 is 29.4. The van der Waals surface area contributed by atoms with E-state index in [1.54, 1.807) is 36.2 Å². The van der Waals surface area contributed by atoms with Crippen LogP contribution in [0.25, 0.3) is 11.1 Å². The SMILES string of the molecule is Cc1cc(OCCCOS(C)(C)C(C)(C)C)cc(C)c1-c1cccc(COc2ccc(B3OC(=O)CN(C)CC(=O)O3)cc2)c1C. The number of carbonyl (C=O) groups is 2. The standard InChI is InChI=1S/C36H48BNO7S/c1-25-20-31(41-18-11-19-43-46(8,9)36(4,5)6)21-26(2)35(25)32-13-10-12-28(27(32)3)24-42-30-16-14-29(15-17-30)37-44-33(39)22-38(7)23-34(40)45-37/h10,12-17,20-21H,11,18-19,22-24H2,1-9H3. The van der Waals surface area contributed by atoms with E-state index < -0.39 is 29.4 Å². The Morgan fingerprint density at radius 1 is 0.848 bits per heavy atom. The Bertz CT molecular complexity index is 1490. The van der Waals surface area contributed by atoms with Crippen molar-refractivity contribution < 1.29 is 32.6 Å². The van der Waals surface area contributed by atoms with Gasteiger partial charge in [-0.15, -0.1) is 10.3 Å². The summed E-state index contributed by atoms with van der Waals surface area (Å²) in [6, 6.07) is 17.6. The third kappa shape index (κ3) is 9.08. The van der Waals surface area contributed by atoms with Gasteiger partial charge in [0.1, 0.15) is 18.1 Å². The van der Waals surface area contributed by atoms with Gasteiger partial charge in [0.05, 0.1) is 26.3 Å². The summed E-state index contributed by atoms with van der Waals surface area (Å²) in [6.45, 7) is 14.8. The maximum absolute atomic E-state index is 12.1. The average Bonchev–Trinajstić information content (AvgIpc) is 2.95. The van der Waals surface area contributed by atoms with Crippen LogP contribution in [0.4, 0.5) is 0 Å². The fraction of sp³-hybridized carbons (Fsp3) is 0.444. The lowest BCUT2D eigenvalue weighted by Gasteiger charge is -2.43. The third-order valence-corrected chi connectivity index (χ3v) is 12.2. The Balaban J connectivity index is 1.37. The number of ether oxygens (including phenoxy) is 2. The number of aryl methyl sites for hydroxylation is 2. The van der Waals surface area contributed by atoms with Crippen molar-refractivity contribution in [2.75, 3.05) is 45.9 Å². The van der Waals surface area contributed by atoms with Crippen LogP contribution in [0.15, 0.2) is 54.6 Å². The van der Waals surface area contributed by atoms with Crippen molar-refractivity contribution >= 4 is 34.8 Å². The molecule has 0 atom stereocenters. The number of likely N-dealkylation sites (N-methyl/N-ethyl adjacent to an activating group) is 1. The highest BCUT2D eigenvalue weighted by atomic mass is 32.3. The fourth-order valence-corrected chi connectivity index (χ4v) is 5.98. The molecule has 1 aliphatic heterocycles. The summed E-state index contributed by atoms with van der Waals surface area (Å²) in [7, 11) is -0.545. The second-order valence-corrected chi connectivity index (χ2v) is 17.2. The van der Waals surface area contributed by atoms with E-state index >= 15 is 0 Å². The number of nitrogens with zero attached hydrogens (tertiary/aromatic N) is 1. The topological polar surface area (TPSA) is 83.5 Å². The molecule has 248 valence electrons. The van der Waals surface area contributed by atoms with Gasteiger partial charge in [-0.3, -0.25) is 14.5 Å². The quantitative estimate of drug-likeness (QED) is 0.181. The summed E-state index contributed by atoms with van der Waals surface area (Å²) >= 11 is 0. The Hall–Kier alpha value is -3.47. The first-order valence-electron chi connectivity index (χ1n) is 15.6. The molecule has 4 rings (SSSR count). The van der Waals surface area contributed by atoms with Crippen LogP contribution in [0.1, 0.15) is 49.4 Å². The Morgan fingerprint density at radius 2 is 1.46 bits per heavy atom. The smallest absolute Gasteiger partial charge is 0.494 e. The molecular formula is C36H48BNO7S. The first-order chi connectivity index (χ1) is 21.6. The van der Waals surface area contributed by atoms with Crippen LogP contribution in [0.2, 0.25) is 0 Å². The molecule has 0 saturated carbocycles. The van der Waals surface area contributed by atoms with Gasteiger partial charge < -0.3 is 23.0 Å². The first kappa shape index (κ1) is 35.4. The molecule has 1 heterocycles. The molecule has 1 fully saturated rings. The van der Waals surface area contributed by atoms with Crippen LogP contribution in [0.3, 0.4) is 0 Å². The van der Waals surface area contributed by atoms with Crippen molar-refractivity contribution in [3.63, 3.8) is 0 Å². The molecule has 3 aromatic rings. The van der Waals surface area contributed by atoms with Gasteiger partial charge in [0, 0.05) is 16.6 Å². The summed E-state index contributed by atoms with van der Waals surface area (Å²) in [6.07, 6.45) is 5.29. The fourth-order valence-electron chi connectivity index (χ4n) is 5.09. The van der Waals surface area contributed by atoms with Gasteiger partial charge in [0.15, 0.2) is 0 Å². The maximum Gasteiger partial charge on any atom is 0.636 e. The van der Waals surface area contributed by atoms with Gasteiger partial charge in [-0.1, -0.05) is 51.1 Å². The molecule has 3 aromatic carbocycles. The van der Waals surface area contributed by atoms with Crippen LogP contribution in [-0.2, 0) is 29.7 Å². The van der Waals surface area contributed by atoms with E-state index in [1.807, 2.05) is 0 Å². The molecule has 0 aliphatic carbocycles. The zero-order valence-corrected chi connectivity index (χ0v) is 29.5. The van der Waals surface area contributed by atoms with E-state index in [2.05, 4.69) is 84.4 Å². The van der Waals surface area contributed by atoms with Gasteiger partial charge in [0.2, 0.25) is 0 Å². The molecule has 10 heteroatoms. The van der Waals surface area contributed by atoms with Gasteiger partial charge in [-0.05, 0) is 98.0 Å². The van der Waals surface area contributed by atoms with Crippen molar-refractivity contribution in [1.29, 1.82) is 0 Å². The minimum atomic E-state index is -1.13. The number of carbonyl (C=O) groups excluding carboxylic acids is 2. The lowest BCUT2D eigenvalue weighted by Crippen LogP contribution is -2.47. The molecule has 0 radical (unpaired) electrons. The Kier molecular flexibility index (Phi) is 11.5. The van der Waals surface area contributed by atoms with E-state index in [9.17, 15) is 9.59 Å². The highest BCUT2D eigenvalue weighted by Crippen LogP contribution is 2.53. The molecule has 0 aromatic heterocycles. The van der Waals surface area contributed by atoms with E-state index in [1.165, 1.54) is 5.56 Å². The average molecular weight is 650 g/mol. The molecule has 0 unspecified atom stereocenters. The molecule has 0 N–H and O–H groups in total. The van der Waals surface area contributed by atoms with Gasteiger partial charge in [-0.2, -0.15) is 0 Å². The van der Waals surface area contributed by atoms with Crippen LogP contribution in [-0.4, -0.2) is 74.6 Å². The van der Waals surface area contributed by atoms with Gasteiger partial charge >= 0.3 is 19.1 Å². The number of benzene rings is 3. The molecule has 46 heavy (non-hydrogen) atoms. The molecule has 0 amide bonds. The Morgan fingerprint density at radius 3 is 2.04 bits per heavy atom. The second-order valence-electron chi connectivity index (χ2n) is 13.2. The normalized spacial score (nSPS) is 15.1. The summed E-state index contributed by atoms with van der Waals surface area (Å²) in [5.41, 5.74) is 7.47. The zero-order chi connectivity index (χ0) is 33.6. The number of hydrogen-bond acceptors (Lipinski definition) is 8. The Labute approximate surface area is 276 Å². The van der Waals surface area contributed by atoms with Crippen LogP contribution in [0.5, 0.6) is 11.5 Å². The first-order valence-corrected chi connectivity index (χ1v) is 18.0. The minimum Gasteiger partial charge on any atom is -0.494 e. The van der Waals surface area contributed by atoms with E-state index in [0.717, 1.165) is 40.0 Å². The predicted molar refractivity (Wildman–Crippen MR) is 187 cm³/mol. The maximum atomic E-state index is 12.1. The van der Waals surface area contributed by atoms with Gasteiger partial charge in [0.25, 0.3) is 0 Å². The molecule has 8 nitrogen and oxygen atoms in total. The summed E-state index contributed by atoms with van der Waals surface area (Å²) in [5, 5.41) is 0. The highest BCUT2D eigenvalue weighted by Gasteiger charge is 2.33. The summed E-state index contributed by atoms with van der Waals surface area (Å²) in [4.78, 5) is 25.8. The van der Waals surface area contributed by atoms with Crippen molar-refractivity contribution in [3.8, 4) is 22.6 Å². The zero-order valence-electron chi connectivity index (χ0n) is 28.7. The summed E-state index contributed by atoms with van der Waals surface area (Å²) in [5.74, 6) is 0.619. The molecule has 0 bridgehead atoms. The van der Waals surface area contributed by atoms with Crippen molar-refractivity contribution in [2.24, 2.45) is 0 Å². The van der Waals surface area contributed by atoms with Crippen molar-refractivity contribution in [2.45, 2.75) is 59.3 Å². The lowest BCUT2D eigenvalue weighted by atomic mass is 9.78. The number of hydrogen-bond donors (Lipinski definition) is 0. The third-order valence-electron chi connectivity index (χ3n) is 8.45. The second kappa shape index (κ2) is 15.0. The van der Waals surface area contributed by atoms with E-state index in [4.69, 9.17) is 23.0 Å². The highest BCUT2D eigenvalue weighted by molar-refractivity contribution is 8.29. The monoisotopic (exact) mass is 649 g/mol. The predicted octanol–water partition coefficient (Wildman–Crippen LogP) is 6.15. The largest absolute Gasteiger partial charge is 0.636 e.